The van der Waals surface area contributed by atoms with E-state index in [0.29, 0.717) is 29.9 Å². The Labute approximate surface area is 241 Å². The molecule has 216 valence electrons. The van der Waals surface area contributed by atoms with E-state index in [0.717, 1.165) is 53.0 Å². The Hall–Kier alpha value is -4.17. The van der Waals surface area contributed by atoms with Crippen molar-refractivity contribution in [3.05, 3.63) is 99.0 Å². The van der Waals surface area contributed by atoms with E-state index in [1.165, 1.54) is 6.08 Å². The summed E-state index contributed by atoms with van der Waals surface area (Å²) in [6.45, 7) is 13.8. The number of pyridine rings is 1. The Kier molecular flexibility index (Phi) is 9.78. The van der Waals surface area contributed by atoms with Crippen LogP contribution in [0.5, 0.6) is 0 Å². The molecule has 0 saturated carbocycles. The lowest BCUT2D eigenvalue weighted by atomic mass is 9.89. The van der Waals surface area contributed by atoms with Crippen LogP contribution >= 0.6 is 0 Å². The number of aromatic amines is 1. The lowest BCUT2D eigenvalue weighted by molar-refractivity contribution is -0.116. The van der Waals surface area contributed by atoms with Crippen LogP contribution in [0.25, 0.3) is 11.1 Å². The predicted octanol–water partition coefficient (Wildman–Crippen LogP) is 4.70. The van der Waals surface area contributed by atoms with Gasteiger partial charge in [-0.25, -0.2) is 0 Å². The Balaban J connectivity index is 1.87. The van der Waals surface area contributed by atoms with Crippen LogP contribution in [0.3, 0.4) is 0 Å². The normalized spacial score (nSPS) is 13.5. The van der Waals surface area contributed by atoms with Gasteiger partial charge in [0.2, 0.25) is 5.91 Å². The fourth-order valence-electron chi connectivity index (χ4n) is 5.71. The zero-order valence-corrected chi connectivity index (χ0v) is 24.4. The van der Waals surface area contributed by atoms with Crippen LogP contribution in [0.15, 0.2) is 59.9 Å². The standard InChI is InChI=1S/C33H40N4O4/c1-6-30(38)34-20-28-26(24-11-9-8-10-12-24)18-29(37(7-2)25-13-15-41-16-14-25)23(5)31(28)33(40)35-19-27-21(3)17-22(4)36-32(27)39/h6,8-12,17-18,25H,1,7,13-16,19-20H2,2-5H3,(H,34,38)(H,35,40)(H,36,39). The first-order valence-electron chi connectivity index (χ1n) is 14.2. The van der Waals surface area contributed by atoms with Crippen molar-refractivity contribution in [2.24, 2.45) is 0 Å². The third kappa shape index (κ3) is 6.77. The molecule has 41 heavy (non-hydrogen) atoms. The fraction of sp³-hybridized carbons (Fsp3) is 0.364. The van der Waals surface area contributed by atoms with Gasteiger partial charge in [0.25, 0.3) is 11.5 Å². The van der Waals surface area contributed by atoms with Gasteiger partial charge in [-0.3, -0.25) is 14.4 Å². The molecule has 1 aromatic heterocycles. The van der Waals surface area contributed by atoms with Crippen LogP contribution in [0.4, 0.5) is 5.69 Å². The minimum absolute atomic E-state index is 0.0839. The van der Waals surface area contributed by atoms with Gasteiger partial charge in [0.15, 0.2) is 0 Å². The molecule has 2 amide bonds. The van der Waals surface area contributed by atoms with Crippen LogP contribution in [0.2, 0.25) is 0 Å². The summed E-state index contributed by atoms with van der Waals surface area (Å²) >= 11 is 0. The van der Waals surface area contributed by atoms with E-state index in [2.05, 4.69) is 40.1 Å². The van der Waals surface area contributed by atoms with Crippen molar-refractivity contribution in [3.63, 3.8) is 0 Å². The number of carbonyl (C=O) groups is 2. The first-order chi connectivity index (χ1) is 19.7. The second-order valence-corrected chi connectivity index (χ2v) is 10.5. The lowest BCUT2D eigenvalue weighted by Gasteiger charge is -2.37. The zero-order chi connectivity index (χ0) is 29.5. The first-order valence-corrected chi connectivity index (χ1v) is 14.2. The Morgan fingerprint density at radius 3 is 2.37 bits per heavy atom. The highest BCUT2D eigenvalue weighted by Gasteiger charge is 2.28. The Bertz CT molecular complexity index is 1470. The minimum Gasteiger partial charge on any atom is -0.381 e. The SMILES string of the molecule is C=CC(=O)NCc1c(-c2ccccc2)cc(N(CC)C2CCOCC2)c(C)c1C(=O)NCc1c(C)cc(C)[nH]c1=O. The van der Waals surface area contributed by atoms with Crippen molar-refractivity contribution >= 4 is 17.5 Å². The van der Waals surface area contributed by atoms with Crippen LogP contribution in [0, 0.1) is 20.8 Å². The highest BCUT2D eigenvalue weighted by Crippen LogP contribution is 2.37. The molecule has 0 spiro atoms. The van der Waals surface area contributed by atoms with Crippen molar-refractivity contribution in [2.75, 3.05) is 24.7 Å². The molecule has 2 aromatic carbocycles. The molecule has 8 heteroatoms. The van der Waals surface area contributed by atoms with Gasteiger partial charge >= 0.3 is 0 Å². The summed E-state index contributed by atoms with van der Waals surface area (Å²) in [6, 6.07) is 14.2. The molecule has 3 aromatic rings. The molecular weight excluding hydrogens is 516 g/mol. The number of amides is 2. The van der Waals surface area contributed by atoms with E-state index >= 15 is 0 Å². The fourth-order valence-corrected chi connectivity index (χ4v) is 5.71. The Morgan fingerprint density at radius 2 is 1.73 bits per heavy atom. The topological polar surface area (TPSA) is 104 Å². The average Bonchev–Trinajstić information content (AvgIpc) is 2.97. The predicted molar refractivity (Wildman–Crippen MR) is 163 cm³/mol. The number of nitrogens with zero attached hydrogens (tertiary/aromatic N) is 1. The summed E-state index contributed by atoms with van der Waals surface area (Å²) in [5, 5.41) is 5.89. The van der Waals surface area contributed by atoms with Gasteiger partial charge in [0.1, 0.15) is 0 Å². The average molecular weight is 557 g/mol. The number of carbonyl (C=O) groups excluding carboxylic acids is 2. The van der Waals surface area contributed by atoms with Crippen molar-refractivity contribution in [3.8, 4) is 11.1 Å². The number of benzene rings is 2. The largest absolute Gasteiger partial charge is 0.381 e. The van der Waals surface area contributed by atoms with E-state index in [1.807, 2.05) is 57.2 Å². The minimum atomic E-state index is -0.323. The van der Waals surface area contributed by atoms with Crippen molar-refractivity contribution in [1.29, 1.82) is 0 Å². The molecule has 0 radical (unpaired) electrons. The monoisotopic (exact) mass is 556 g/mol. The number of rotatable bonds is 10. The molecular formula is C33H40N4O4. The van der Waals surface area contributed by atoms with E-state index in [9.17, 15) is 14.4 Å². The molecule has 8 nitrogen and oxygen atoms in total. The molecule has 3 N–H and O–H groups in total. The molecule has 1 aliphatic rings. The van der Waals surface area contributed by atoms with E-state index < -0.39 is 0 Å². The second kappa shape index (κ2) is 13.5. The van der Waals surface area contributed by atoms with Gasteiger partial charge in [-0.15, -0.1) is 0 Å². The van der Waals surface area contributed by atoms with E-state index in [-0.39, 0.29) is 36.5 Å². The summed E-state index contributed by atoms with van der Waals surface area (Å²) < 4.78 is 5.63. The number of aromatic nitrogens is 1. The molecule has 1 fully saturated rings. The number of H-pyrrole nitrogens is 1. The molecule has 1 saturated heterocycles. The second-order valence-electron chi connectivity index (χ2n) is 10.5. The summed E-state index contributed by atoms with van der Waals surface area (Å²) in [4.78, 5) is 44.2. The summed E-state index contributed by atoms with van der Waals surface area (Å²) in [5.74, 6) is -0.622. The third-order valence-corrected chi connectivity index (χ3v) is 7.81. The molecule has 0 unspecified atom stereocenters. The number of ether oxygens (including phenoxy) is 1. The van der Waals surface area contributed by atoms with Gasteiger partial charge < -0.3 is 25.3 Å². The molecule has 0 bridgehead atoms. The maximum Gasteiger partial charge on any atom is 0.253 e. The van der Waals surface area contributed by atoms with Gasteiger partial charge in [-0.05, 0) is 86.6 Å². The summed E-state index contributed by atoms with van der Waals surface area (Å²) in [7, 11) is 0. The van der Waals surface area contributed by atoms with Gasteiger partial charge in [0, 0.05) is 61.4 Å². The van der Waals surface area contributed by atoms with E-state index in [1.54, 1.807) is 0 Å². The zero-order valence-electron chi connectivity index (χ0n) is 24.4. The summed E-state index contributed by atoms with van der Waals surface area (Å²) in [6.07, 6.45) is 3.03. The van der Waals surface area contributed by atoms with Crippen LogP contribution in [-0.4, -0.2) is 42.6 Å². The van der Waals surface area contributed by atoms with Crippen LogP contribution < -0.4 is 21.1 Å². The number of hydrogen-bond acceptors (Lipinski definition) is 5. The third-order valence-electron chi connectivity index (χ3n) is 7.81. The van der Waals surface area contributed by atoms with Crippen molar-refractivity contribution in [2.45, 2.75) is 59.7 Å². The molecule has 1 aliphatic heterocycles. The number of aryl methyl sites for hydroxylation is 2. The highest BCUT2D eigenvalue weighted by atomic mass is 16.5. The molecule has 2 heterocycles. The maximum atomic E-state index is 14.1. The van der Waals surface area contributed by atoms with Gasteiger partial charge in [-0.1, -0.05) is 36.9 Å². The van der Waals surface area contributed by atoms with E-state index in [4.69, 9.17) is 4.74 Å². The van der Waals surface area contributed by atoms with Crippen LogP contribution in [0.1, 0.15) is 58.1 Å². The lowest BCUT2D eigenvalue weighted by Crippen LogP contribution is -2.40. The quantitative estimate of drug-likeness (QED) is 0.314. The maximum absolute atomic E-state index is 14.1. The number of nitrogens with one attached hydrogen (secondary N) is 3. The molecule has 4 rings (SSSR count). The van der Waals surface area contributed by atoms with Crippen molar-refractivity contribution < 1.29 is 14.3 Å². The summed E-state index contributed by atoms with van der Waals surface area (Å²) in [5.41, 5.74) is 6.71. The Morgan fingerprint density at radius 1 is 1.05 bits per heavy atom. The smallest absolute Gasteiger partial charge is 0.253 e. The van der Waals surface area contributed by atoms with Gasteiger partial charge in [-0.2, -0.15) is 0 Å². The van der Waals surface area contributed by atoms with Gasteiger partial charge in [0.05, 0.1) is 0 Å². The molecule has 0 atom stereocenters. The first kappa shape index (κ1) is 29.8. The number of hydrogen-bond donors (Lipinski definition) is 3. The van der Waals surface area contributed by atoms with Crippen molar-refractivity contribution in [1.82, 2.24) is 15.6 Å². The number of anilines is 1. The molecule has 0 aliphatic carbocycles. The highest BCUT2D eigenvalue weighted by molar-refractivity contribution is 6.01. The van der Waals surface area contributed by atoms with Crippen LogP contribution in [-0.2, 0) is 22.6 Å².